The van der Waals surface area contributed by atoms with Gasteiger partial charge in [-0.1, -0.05) is 54.6 Å². The Morgan fingerprint density at radius 1 is 0.882 bits per heavy atom. The van der Waals surface area contributed by atoms with Crippen LogP contribution in [0.3, 0.4) is 0 Å². The highest BCUT2D eigenvalue weighted by Gasteiger charge is 2.19. The molecule has 34 heavy (non-hydrogen) atoms. The van der Waals surface area contributed by atoms with Gasteiger partial charge < -0.3 is 9.47 Å². The summed E-state index contributed by atoms with van der Waals surface area (Å²) in [6.07, 6.45) is 0. The second-order valence-corrected chi connectivity index (χ2v) is 9.63. The Balaban J connectivity index is 1.48. The number of methoxy groups -OCH3 is 1. The number of hydrogen-bond donors (Lipinski definition) is 2. The van der Waals surface area contributed by atoms with Crippen molar-refractivity contribution >= 4 is 26.5 Å². The van der Waals surface area contributed by atoms with Crippen LogP contribution in [0.25, 0.3) is 21.9 Å². The number of amides is 1. The number of benzene rings is 4. The lowest BCUT2D eigenvalue weighted by molar-refractivity contribution is 0.0704. The molecule has 0 aliphatic carbocycles. The van der Waals surface area contributed by atoms with Crippen LogP contribution in [0.1, 0.15) is 10.4 Å². The second-order valence-electron chi connectivity index (χ2n) is 7.52. The Labute approximate surface area is 197 Å². The van der Waals surface area contributed by atoms with E-state index in [9.17, 15) is 13.2 Å². The second kappa shape index (κ2) is 9.94. The van der Waals surface area contributed by atoms with Crippen LogP contribution in [0.5, 0.6) is 11.5 Å². The number of sulfone groups is 1. The average Bonchev–Trinajstić information content (AvgIpc) is 2.88. The molecule has 0 fully saturated rings. The highest BCUT2D eigenvalue weighted by atomic mass is 32.2. The van der Waals surface area contributed by atoms with Crippen LogP contribution in [0.2, 0.25) is 0 Å². The number of carbonyl (C=O) groups excluding carboxylic acids is 1. The van der Waals surface area contributed by atoms with Crippen molar-refractivity contribution in [3.63, 3.8) is 0 Å². The number of rotatable bonds is 8. The SMILES string of the molecule is COc1ccc(-c2ccc(S(=O)(=O)CCOc3ccc4ccccc4c3C(=O)NO)cc2)cc1. The van der Waals surface area contributed by atoms with Crippen molar-refractivity contribution in [3.05, 3.63) is 90.5 Å². The quantitative estimate of drug-likeness (QED) is 0.286. The summed E-state index contributed by atoms with van der Waals surface area (Å²) in [5.41, 5.74) is 3.59. The average molecular weight is 478 g/mol. The molecular formula is C26H23NO6S. The van der Waals surface area contributed by atoms with Gasteiger partial charge in [0, 0.05) is 0 Å². The van der Waals surface area contributed by atoms with Crippen molar-refractivity contribution in [2.75, 3.05) is 19.5 Å². The van der Waals surface area contributed by atoms with Crippen LogP contribution in [0.4, 0.5) is 0 Å². The minimum Gasteiger partial charge on any atom is -0.497 e. The summed E-state index contributed by atoms with van der Waals surface area (Å²) in [6, 6.07) is 24.6. The van der Waals surface area contributed by atoms with Crippen LogP contribution in [0, 0.1) is 0 Å². The van der Waals surface area contributed by atoms with Crippen LogP contribution in [0.15, 0.2) is 89.8 Å². The monoisotopic (exact) mass is 477 g/mol. The maximum Gasteiger partial charge on any atom is 0.279 e. The third kappa shape index (κ3) is 4.88. The fourth-order valence-electron chi connectivity index (χ4n) is 3.68. The smallest absolute Gasteiger partial charge is 0.279 e. The summed E-state index contributed by atoms with van der Waals surface area (Å²) in [5, 5.41) is 10.5. The standard InChI is InChI=1S/C26H23NO6S/c1-32-21-11-6-18(7-12-21)19-8-13-22(14-9-19)34(30,31)17-16-33-24-15-10-20-4-2-3-5-23(20)25(24)26(28)27-29/h2-15,29H,16-17H2,1H3,(H,27,28). The van der Waals surface area contributed by atoms with Crippen molar-refractivity contribution in [1.82, 2.24) is 5.48 Å². The van der Waals surface area contributed by atoms with Gasteiger partial charge in [-0.2, -0.15) is 0 Å². The lowest BCUT2D eigenvalue weighted by Crippen LogP contribution is -2.21. The maximum atomic E-state index is 12.8. The molecule has 174 valence electrons. The highest BCUT2D eigenvalue weighted by Crippen LogP contribution is 2.29. The third-order valence-electron chi connectivity index (χ3n) is 5.47. The topological polar surface area (TPSA) is 102 Å². The van der Waals surface area contributed by atoms with Crippen LogP contribution >= 0.6 is 0 Å². The van der Waals surface area contributed by atoms with Gasteiger partial charge in [0.1, 0.15) is 18.1 Å². The molecule has 0 saturated carbocycles. The van der Waals surface area contributed by atoms with E-state index in [0.29, 0.717) is 5.39 Å². The van der Waals surface area contributed by atoms with Crippen LogP contribution in [-0.2, 0) is 9.84 Å². The van der Waals surface area contributed by atoms with Gasteiger partial charge in [0.25, 0.3) is 5.91 Å². The molecule has 4 rings (SSSR count). The zero-order valence-corrected chi connectivity index (χ0v) is 19.2. The minimum absolute atomic E-state index is 0.141. The number of ether oxygens (including phenoxy) is 2. The number of nitrogens with one attached hydrogen (secondary N) is 1. The highest BCUT2D eigenvalue weighted by molar-refractivity contribution is 7.91. The maximum absolute atomic E-state index is 12.8. The predicted octanol–water partition coefficient (Wildman–Crippen LogP) is 4.49. The largest absolute Gasteiger partial charge is 0.497 e. The molecule has 2 N–H and O–H groups in total. The van der Waals surface area contributed by atoms with E-state index in [0.717, 1.165) is 22.3 Å². The molecule has 0 bridgehead atoms. The summed E-state index contributed by atoms with van der Waals surface area (Å²) >= 11 is 0. The van der Waals surface area contributed by atoms with E-state index in [2.05, 4.69) is 0 Å². The van der Waals surface area contributed by atoms with E-state index in [-0.39, 0.29) is 28.6 Å². The first-order valence-electron chi connectivity index (χ1n) is 10.5. The Hall–Kier alpha value is -3.88. The number of fused-ring (bicyclic) bond motifs is 1. The Kier molecular flexibility index (Phi) is 6.81. The minimum atomic E-state index is -3.62. The van der Waals surface area contributed by atoms with Gasteiger partial charge >= 0.3 is 0 Å². The molecule has 7 nitrogen and oxygen atoms in total. The zero-order chi connectivity index (χ0) is 24.1. The Morgan fingerprint density at radius 3 is 2.18 bits per heavy atom. The van der Waals surface area contributed by atoms with E-state index >= 15 is 0 Å². The van der Waals surface area contributed by atoms with Gasteiger partial charge in [-0.15, -0.1) is 0 Å². The van der Waals surface area contributed by atoms with Crippen molar-refractivity contribution in [3.8, 4) is 22.6 Å². The molecule has 0 radical (unpaired) electrons. The van der Waals surface area contributed by atoms with E-state index < -0.39 is 15.7 Å². The lowest BCUT2D eigenvalue weighted by atomic mass is 10.0. The van der Waals surface area contributed by atoms with Crippen molar-refractivity contribution in [2.45, 2.75) is 4.90 Å². The molecule has 0 unspecified atom stereocenters. The van der Waals surface area contributed by atoms with Gasteiger partial charge in [-0.05, 0) is 52.2 Å². The van der Waals surface area contributed by atoms with E-state index in [1.54, 1.807) is 61.1 Å². The Bertz CT molecular complexity index is 1410. The van der Waals surface area contributed by atoms with Gasteiger partial charge in [0.2, 0.25) is 0 Å². The molecule has 0 spiro atoms. The summed E-state index contributed by atoms with van der Waals surface area (Å²) < 4.78 is 36.5. The number of hydroxylamine groups is 1. The fourth-order valence-corrected chi connectivity index (χ4v) is 4.77. The molecule has 0 aliphatic heterocycles. The summed E-state index contributed by atoms with van der Waals surface area (Å²) in [6.45, 7) is -0.160. The third-order valence-corrected chi connectivity index (χ3v) is 7.16. The zero-order valence-electron chi connectivity index (χ0n) is 18.4. The van der Waals surface area contributed by atoms with Gasteiger partial charge in [-0.3, -0.25) is 10.0 Å². The predicted molar refractivity (Wildman–Crippen MR) is 129 cm³/mol. The molecular weight excluding hydrogens is 454 g/mol. The fraction of sp³-hybridized carbons (Fsp3) is 0.115. The van der Waals surface area contributed by atoms with Crippen molar-refractivity contribution in [1.29, 1.82) is 0 Å². The van der Waals surface area contributed by atoms with E-state index in [1.807, 2.05) is 36.4 Å². The van der Waals surface area contributed by atoms with Gasteiger partial charge in [-0.25, -0.2) is 13.9 Å². The van der Waals surface area contributed by atoms with Gasteiger partial charge in [0.15, 0.2) is 9.84 Å². The van der Waals surface area contributed by atoms with Crippen LogP contribution in [-0.4, -0.2) is 39.0 Å². The number of carbonyl (C=O) groups is 1. The van der Waals surface area contributed by atoms with Gasteiger partial charge in [0.05, 0.1) is 23.3 Å². The van der Waals surface area contributed by atoms with Crippen molar-refractivity contribution in [2.24, 2.45) is 0 Å². The van der Waals surface area contributed by atoms with E-state index in [1.165, 1.54) is 0 Å². The Morgan fingerprint density at radius 2 is 1.53 bits per heavy atom. The van der Waals surface area contributed by atoms with Crippen LogP contribution < -0.4 is 15.0 Å². The molecule has 0 heterocycles. The first kappa shape index (κ1) is 23.3. The molecule has 8 heteroatoms. The first-order valence-corrected chi connectivity index (χ1v) is 12.1. The molecule has 0 saturated heterocycles. The molecule has 4 aromatic rings. The lowest BCUT2D eigenvalue weighted by Gasteiger charge is -2.13. The molecule has 0 aromatic heterocycles. The summed E-state index contributed by atoms with van der Waals surface area (Å²) in [7, 11) is -2.02. The van der Waals surface area contributed by atoms with E-state index in [4.69, 9.17) is 14.7 Å². The summed E-state index contributed by atoms with van der Waals surface area (Å²) in [5.74, 6) is -0.0740. The molecule has 0 aliphatic rings. The number of hydrogen-bond acceptors (Lipinski definition) is 6. The first-order chi connectivity index (χ1) is 16.4. The molecule has 4 aromatic carbocycles. The normalized spacial score (nSPS) is 11.2. The summed E-state index contributed by atoms with van der Waals surface area (Å²) in [4.78, 5) is 12.4. The van der Waals surface area contributed by atoms with Crippen molar-refractivity contribution < 1.29 is 27.9 Å². The molecule has 1 amide bonds. The molecule has 0 atom stereocenters.